The van der Waals surface area contributed by atoms with Crippen LogP contribution in [0.5, 0.6) is 5.75 Å². The molecule has 2 rings (SSSR count). The van der Waals surface area contributed by atoms with Crippen molar-refractivity contribution in [2.75, 3.05) is 12.9 Å². The molecular formula is C15H16ClNO2S2. The van der Waals surface area contributed by atoms with Gasteiger partial charge in [-0.15, -0.1) is 23.1 Å². The minimum atomic E-state index is 0.0403. The van der Waals surface area contributed by atoms with Crippen LogP contribution in [-0.4, -0.2) is 18.8 Å². The van der Waals surface area contributed by atoms with Crippen molar-refractivity contribution in [2.45, 2.75) is 12.3 Å². The number of hydrogen-bond acceptors (Lipinski definition) is 4. The molecule has 0 radical (unpaired) electrons. The molecule has 6 heteroatoms. The third-order valence-electron chi connectivity index (χ3n) is 2.76. The molecule has 0 saturated carbocycles. The maximum atomic E-state index is 11.8. The van der Waals surface area contributed by atoms with E-state index in [1.807, 2.05) is 36.4 Å². The van der Waals surface area contributed by atoms with Crippen LogP contribution in [0.25, 0.3) is 0 Å². The third-order valence-corrected chi connectivity index (χ3v) is 5.15. The monoisotopic (exact) mass is 341 g/mol. The van der Waals surface area contributed by atoms with E-state index >= 15 is 0 Å². The Labute approximate surface area is 137 Å². The van der Waals surface area contributed by atoms with Crippen LogP contribution in [0.3, 0.4) is 0 Å². The summed E-state index contributed by atoms with van der Waals surface area (Å²) in [4.78, 5) is 12.9. The van der Waals surface area contributed by atoms with Crippen molar-refractivity contribution < 1.29 is 9.53 Å². The normalized spacial score (nSPS) is 10.4. The zero-order valence-electron chi connectivity index (χ0n) is 11.6. The van der Waals surface area contributed by atoms with Gasteiger partial charge in [-0.1, -0.05) is 23.7 Å². The molecule has 1 aromatic heterocycles. The Morgan fingerprint density at radius 3 is 2.67 bits per heavy atom. The van der Waals surface area contributed by atoms with Gasteiger partial charge in [0, 0.05) is 17.2 Å². The molecule has 0 aliphatic carbocycles. The van der Waals surface area contributed by atoms with Crippen molar-refractivity contribution in [1.82, 2.24) is 5.32 Å². The largest absolute Gasteiger partial charge is 0.497 e. The minimum absolute atomic E-state index is 0.0403. The van der Waals surface area contributed by atoms with Crippen LogP contribution in [0, 0.1) is 0 Å². The summed E-state index contributed by atoms with van der Waals surface area (Å²) in [6.07, 6.45) is 0. The molecule has 0 spiro atoms. The molecule has 1 N–H and O–H groups in total. The Bertz CT molecular complexity index is 584. The standard InChI is InChI=1S/C15H16ClNO2S2/c1-19-12-4-2-11(3-5-12)8-17-15(18)10-20-9-13-6-7-14(16)21-13/h2-7H,8-10H2,1H3,(H,17,18). The van der Waals surface area contributed by atoms with Gasteiger partial charge in [-0.3, -0.25) is 4.79 Å². The quantitative estimate of drug-likeness (QED) is 0.828. The van der Waals surface area contributed by atoms with Gasteiger partial charge in [-0.05, 0) is 29.8 Å². The van der Waals surface area contributed by atoms with Gasteiger partial charge in [-0.2, -0.15) is 0 Å². The molecule has 1 amide bonds. The Morgan fingerprint density at radius 1 is 1.29 bits per heavy atom. The highest BCUT2D eigenvalue weighted by atomic mass is 35.5. The van der Waals surface area contributed by atoms with Crippen LogP contribution in [-0.2, 0) is 17.1 Å². The molecular weight excluding hydrogens is 326 g/mol. The Kier molecular flexibility index (Phi) is 6.42. The molecule has 0 saturated heterocycles. The van der Waals surface area contributed by atoms with Gasteiger partial charge in [0.1, 0.15) is 5.75 Å². The summed E-state index contributed by atoms with van der Waals surface area (Å²) in [7, 11) is 1.63. The summed E-state index contributed by atoms with van der Waals surface area (Å²) in [6.45, 7) is 0.536. The molecule has 2 aromatic rings. The van der Waals surface area contributed by atoms with Gasteiger partial charge < -0.3 is 10.1 Å². The molecule has 0 aliphatic heterocycles. The molecule has 0 bridgehead atoms. The predicted molar refractivity (Wildman–Crippen MR) is 90.3 cm³/mol. The fourth-order valence-electron chi connectivity index (χ4n) is 1.67. The summed E-state index contributed by atoms with van der Waals surface area (Å²) in [5.74, 6) is 2.12. The third kappa shape index (κ3) is 5.61. The van der Waals surface area contributed by atoms with Crippen LogP contribution >= 0.6 is 34.7 Å². The Morgan fingerprint density at radius 2 is 2.05 bits per heavy atom. The van der Waals surface area contributed by atoms with E-state index in [2.05, 4.69) is 5.32 Å². The van der Waals surface area contributed by atoms with Crippen molar-refractivity contribution in [3.05, 3.63) is 51.2 Å². The molecule has 0 unspecified atom stereocenters. The summed E-state index contributed by atoms with van der Waals surface area (Å²) < 4.78 is 5.88. The molecule has 0 atom stereocenters. The number of nitrogens with one attached hydrogen (secondary N) is 1. The van der Waals surface area contributed by atoms with Gasteiger partial charge in [-0.25, -0.2) is 0 Å². The molecule has 0 fully saturated rings. The first-order chi connectivity index (χ1) is 10.2. The van der Waals surface area contributed by atoms with Crippen molar-refractivity contribution in [2.24, 2.45) is 0 Å². The second-order valence-corrected chi connectivity index (χ2v) is 7.11. The van der Waals surface area contributed by atoms with Crippen LogP contribution in [0.15, 0.2) is 36.4 Å². The molecule has 0 aliphatic rings. The van der Waals surface area contributed by atoms with Crippen LogP contribution in [0.1, 0.15) is 10.4 Å². The molecule has 1 heterocycles. The van der Waals surface area contributed by atoms with E-state index in [4.69, 9.17) is 16.3 Å². The zero-order chi connectivity index (χ0) is 15.1. The zero-order valence-corrected chi connectivity index (χ0v) is 14.0. The second-order valence-electron chi connectivity index (χ2n) is 4.32. The summed E-state index contributed by atoms with van der Waals surface area (Å²) in [5, 5.41) is 2.90. The highest BCUT2D eigenvalue weighted by molar-refractivity contribution is 7.99. The molecule has 3 nitrogen and oxygen atoms in total. The van der Waals surface area contributed by atoms with Gasteiger partial charge in [0.05, 0.1) is 17.2 Å². The Hall–Kier alpha value is -1.17. The average molecular weight is 342 g/mol. The van der Waals surface area contributed by atoms with E-state index < -0.39 is 0 Å². The topological polar surface area (TPSA) is 38.3 Å². The highest BCUT2D eigenvalue weighted by Crippen LogP contribution is 2.25. The van der Waals surface area contributed by atoms with Crippen LogP contribution in [0.4, 0.5) is 0 Å². The number of thioether (sulfide) groups is 1. The number of thiophene rings is 1. The van der Waals surface area contributed by atoms with E-state index in [1.54, 1.807) is 30.2 Å². The lowest BCUT2D eigenvalue weighted by atomic mass is 10.2. The lowest BCUT2D eigenvalue weighted by Crippen LogP contribution is -2.24. The fraction of sp³-hybridized carbons (Fsp3) is 0.267. The van der Waals surface area contributed by atoms with Crippen LogP contribution < -0.4 is 10.1 Å². The highest BCUT2D eigenvalue weighted by Gasteiger charge is 2.04. The van der Waals surface area contributed by atoms with Gasteiger partial charge in [0.25, 0.3) is 0 Å². The first-order valence-electron chi connectivity index (χ1n) is 6.39. The van der Waals surface area contributed by atoms with Gasteiger partial charge in [0.15, 0.2) is 0 Å². The number of ether oxygens (including phenoxy) is 1. The van der Waals surface area contributed by atoms with Crippen LogP contribution in [0.2, 0.25) is 4.34 Å². The van der Waals surface area contributed by atoms with E-state index in [1.165, 1.54) is 4.88 Å². The smallest absolute Gasteiger partial charge is 0.230 e. The first-order valence-corrected chi connectivity index (χ1v) is 8.74. The van der Waals surface area contributed by atoms with Crippen molar-refractivity contribution in [3.8, 4) is 5.75 Å². The van der Waals surface area contributed by atoms with E-state index in [0.29, 0.717) is 12.3 Å². The number of hydrogen-bond donors (Lipinski definition) is 1. The van der Waals surface area contributed by atoms with Crippen molar-refractivity contribution >= 4 is 40.6 Å². The molecule has 112 valence electrons. The van der Waals surface area contributed by atoms with Crippen molar-refractivity contribution in [3.63, 3.8) is 0 Å². The lowest BCUT2D eigenvalue weighted by Gasteiger charge is -2.06. The number of methoxy groups -OCH3 is 1. The predicted octanol–water partition coefficient (Wildman–Crippen LogP) is 3.96. The molecule has 1 aromatic carbocycles. The fourth-order valence-corrected chi connectivity index (χ4v) is 3.72. The lowest BCUT2D eigenvalue weighted by molar-refractivity contribution is -0.118. The average Bonchev–Trinajstić information content (AvgIpc) is 2.91. The maximum Gasteiger partial charge on any atom is 0.230 e. The Balaban J connectivity index is 1.67. The number of carbonyl (C=O) groups excluding carboxylic acids is 1. The number of amides is 1. The minimum Gasteiger partial charge on any atom is -0.497 e. The first kappa shape index (κ1) is 16.2. The number of halogens is 1. The van der Waals surface area contributed by atoms with Crippen molar-refractivity contribution in [1.29, 1.82) is 0 Å². The summed E-state index contributed by atoms with van der Waals surface area (Å²) in [5.41, 5.74) is 1.05. The van der Waals surface area contributed by atoms with E-state index in [0.717, 1.165) is 21.4 Å². The maximum absolute atomic E-state index is 11.8. The van der Waals surface area contributed by atoms with E-state index in [9.17, 15) is 4.79 Å². The second kappa shape index (κ2) is 8.32. The van der Waals surface area contributed by atoms with Gasteiger partial charge in [0.2, 0.25) is 5.91 Å². The summed E-state index contributed by atoms with van der Waals surface area (Å²) >= 11 is 9.00. The number of carbonyl (C=O) groups is 1. The summed E-state index contributed by atoms with van der Waals surface area (Å²) in [6, 6.07) is 11.5. The van der Waals surface area contributed by atoms with E-state index in [-0.39, 0.29) is 5.91 Å². The van der Waals surface area contributed by atoms with Gasteiger partial charge >= 0.3 is 0 Å². The SMILES string of the molecule is COc1ccc(CNC(=O)CSCc2ccc(Cl)s2)cc1. The number of benzene rings is 1. The molecule has 21 heavy (non-hydrogen) atoms. The number of rotatable bonds is 7.